The van der Waals surface area contributed by atoms with E-state index in [1.165, 1.54) is 0 Å². The van der Waals surface area contributed by atoms with E-state index in [4.69, 9.17) is 9.15 Å². The van der Waals surface area contributed by atoms with Crippen LogP contribution in [-0.2, 0) is 4.74 Å². The number of hydrogen-bond donors (Lipinski definition) is 0. The third-order valence-corrected chi connectivity index (χ3v) is 2.01. The third kappa shape index (κ3) is 1.83. The Morgan fingerprint density at radius 2 is 2.33 bits per heavy atom. The molecule has 78 valence electrons. The molecule has 0 aliphatic rings. The highest BCUT2D eigenvalue weighted by Gasteiger charge is 2.09. The van der Waals surface area contributed by atoms with Crippen LogP contribution >= 0.6 is 0 Å². The van der Waals surface area contributed by atoms with Crippen molar-refractivity contribution in [3.8, 4) is 0 Å². The summed E-state index contributed by atoms with van der Waals surface area (Å²) in [5.41, 5.74) is 1.85. The van der Waals surface area contributed by atoms with E-state index in [1.807, 2.05) is 0 Å². The highest BCUT2D eigenvalue weighted by Crippen LogP contribution is 2.17. The van der Waals surface area contributed by atoms with Gasteiger partial charge in [-0.1, -0.05) is 0 Å². The average Bonchev–Trinajstić information content (AvgIpc) is 2.57. The van der Waals surface area contributed by atoms with Crippen LogP contribution in [0.1, 0.15) is 23.2 Å². The predicted octanol–water partition coefficient (Wildman–Crippen LogP) is 2.31. The van der Waals surface area contributed by atoms with E-state index in [9.17, 15) is 4.79 Å². The molecule has 0 amide bonds. The fraction of sp³-hybridized carbons (Fsp3) is 0.273. The summed E-state index contributed by atoms with van der Waals surface area (Å²) < 4.78 is 10.2. The van der Waals surface area contributed by atoms with Crippen LogP contribution in [0.25, 0.3) is 11.1 Å². The molecule has 2 aromatic rings. The number of carbonyl (C=O) groups excluding carboxylic acids is 1. The number of ether oxygens (including phenoxy) is 1. The number of aromatic nitrogens is 1. The van der Waals surface area contributed by atoms with Gasteiger partial charge in [0.05, 0.1) is 12.2 Å². The molecule has 0 saturated heterocycles. The van der Waals surface area contributed by atoms with Crippen molar-refractivity contribution in [3.63, 3.8) is 0 Å². The smallest absolute Gasteiger partial charge is 0.338 e. The number of carbonyl (C=O) groups is 1. The van der Waals surface area contributed by atoms with Crippen molar-refractivity contribution in [2.75, 3.05) is 6.61 Å². The standard InChI is InChI=1S/C11H11NO3/c1-3-14-11(13)8-4-5-9-10(6-8)15-7(2)12-9/h4-6H,3H2,1-2H3. The van der Waals surface area contributed by atoms with Gasteiger partial charge in [0, 0.05) is 6.92 Å². The molecule has 0 radical (unpaired) electrons. The van der Waals surface area contributed by atoms with Crippen LogP contribution in [0.5, 0.6) is 0 Å². The van der Waals surface area contributed by atoms with Gasteiger partial charge in [0.25, 0.3) is 0 Å². The molecule has 0 spiro atoms. The van der Waals surface area contributed by atoms with E-state index in [0.717, 1.165) is 5.52 Å². The number of fused-ring (bicyclic) bond motifs is 1. The predicted molar refractivity (Wildman–Crippen MR) is 54.7 cm³/mol. The Labute approximate surface area is 86.9 Å². The van der Waals surface area contributed by atoms with Crippen molar-refractivity contribution in [1.82, 2.24) is 4.98 Å². The van der Waals surface area contributed by atoms with E-state index in [-0.39, 0.29) is 5.97 Å². The van der Waals surface area contributed by atoms with E-state index in [0.29, 0.717) is 23.6 Å². The summed E-state index contributed by atoms with van der Waals surface area (Å²) in [6.45, 7) is 3.91. The maximum atomic E-state index is 11.4. The molecule has 2 rings (SSSR count). The lowest BCUT2D eigenvalue weighted by Crippen LogP contribution is -2.03. The Hall–Kier alpha value is -1.84. The number of nitrogens with zero attached hydrogens (tertiary/aromatic N) is 1. The minimum atomic E-state index is -0.339. The van der Waals surface area contributed by atoms with Crippen molar-refractivity contribution in [3.05, 3.63) is 29.7 Å². The maximum absolute atomic E-state index is 11.4. The molecule has 0 unspecified atom stereocenters. The zero-order valence-electron chi connectivity index (χ0n) is 8.61. The second-order valence-electron chi connectivity index (χ2n) is 3.14. The second-order valence-corrected chi connectivity index (χ2v) is 3.14. The first-order valence-electron chi connectivity index (χ1n) is 4.75. The molecule has 0 atom stereocenters. The molecule has 0 saturated carbocycles. The van der Waals surface area contributed by atoms with Gasteiger partial charge in [-0.2, -0.15) is 0 Å². The monoisotopic (exact) mass is 205 g/mol. The van der Waals surface area contributed by atoms with E-state index >= 15 is 0 Å². The molecule has 1 heterocycles. The zero-order chi connectivity index (χ0) is 10.8. The van der Waals surface area contributed by atoms with Gasteiger partial charge in [-0.05, 0) is 25.1 Å². The van der Waals surface area contributed by atoms with E-state index < -0.39 is 0 Å². The Kier molecular flexibility index (Phi) is 2.41. The van der Waals surface area contributed by atoms with Crippen LogP contribution < -0.4 is 0 Å². The summed E-state index contributed by atoms with van der Waals surface area (Å²) >= 11 is 0. The van der Waals surface area contributed by atoms with Gasteiger partial charge in [-0.25, -0.2) is 9.78 Å². The molecular weight excluding hydrogens is 194 g/mol. The summed E-state index contributed by atoms with van der Waals surface area (Å²) in [6.07, 6.45) is 0. The molecule has 0 fully saturated rings. The fourth-order valence-electron chi connectivity index (χ4n) is 1.38. The zero-order valence-corrected chi connectivity index (χ0v) is 8.61. The number of hydrogen-bond acceptors (Lipinski definition) is 4. The van der Waals surface area contributed by atoms with Gasteiger partial charge in [-0.15, -0.1) is 0 Å². The number of esters is 1. The van der Waals surface area contributed by atoms with Gasteiger partial charge < -0.3 is 9.15 Å². The Morgan fingerprint density at radius 3 is 3.07 bits per heavy atom. The Balaban J connectivity index is 2.41. The molecule has 4 nitrogen and oxygen atoms in total. The van der Waals surface area contributed by atoms with Crippen molar-refractivity contribution >= 4 is 17.1 Å². The van der Waals surface area contributed by atoms with Gasteiger partial charge >= 0.3 is 5.97 Å². The van der Waals surface area contributed by atoms with Gasteiger partial charge in [0.1, 0.15) is 5.52 Å². The SMILES string of the molecule is CCOC(=O)c1ccc2nc(C)oc2c1. The first-order valence-corrected chi connectivity index (χ1v) is 4.75. The van der Waals surface area contributed by atoms with Crippen molar-refractivity contribution in [1.29, 1.82) is 0 Å². The lowest BCUT2D eigenvalue weighted by Gasteiger charge is -2.00. The molecule has 0 aliphatic heterocycles. The fourth-order valence-corrected chi connectivity index (χ4v) is 1.38. The molecule has 1 aromatic heterocycles. The second kappa shape index (κ2) is 3.73. The van der Waals surface area contributed by atoms with Crippen LogP contribution in [-0.4, -0.2) is 17.6 Å². The van der Waals surface area contributed by atoms with E-state index in [1.54, 1.807) is 32.0 Å². The van der Waals surface area contributed by atoms with Crippen LogP contribution in [0.4, 0.5) is 0 Å². The van der Waals surface area contributed by atoms with Crippen LogP contribution in [0.2, 0.25) is 0 Å². The van der Waals surface area contributed by atoms with Gasteiger partial charge in [-0.3, -0.25) is 0 Å². The third-order valence-electron chi connectivity index (χ3n) is 2.01. The number of rotatable bonds is 2. The molecule has 0 aliphatic carbocycles. The minimum absolute atomic E-state index is 0.339. The summed E-state index contributed by atoms with van der Waals surface area (Å²) in [6, 6.07) is 5.08. The van der Waals surface area contributed by atoms with Crippen molar-refractivity contribution in [2.45, 2.75) is 13.8 Å². The lowest BCUT2D eigenvalue weighted by molar-refractivity contribution is 0.0526. The Bertz CT molecular complexity index is 502. The number of benzene rings is 1. The van der Waals surface area contributed by atoms with Crippen molar-refractivity contribution < 1.29 is 13.9 Å². The van der Waals surface area contributed by atoms with E-state index in [2.05, 4.69) is 4.98 Å². The van der Waals surface area contributed by atoms with Crippen LogP contribution in [0.3, 0.4) is 0 Å². The first kappa shape index (κ1) is 9.71. The number of oxazole rings is 1. The Morgan fingerprint density at radius 1 is 1.53 bits per heavy atom. The van der Waals surface area contributed by atoms with Crippen LogP contribution in [0.15, 0.2) is 22.6 Å². The highest BCUT2D eigenvalue weighted by atomic mass is 16.5. The average molecular weight is 205 g/mol. The molecule has 4 heteroatoms. The first-order chi connectivity index (χ1) is 7.20. The number of aryl methyl sites for hydroxylation is 1. The molecule has 1 aromatic carbocycles. The highest BCUT2D eigenvalue weighted by molar-refractivity contribution is 5.93. The topological polar surface area (TPSA) is 52.3 Å². The quantitative estimate of drug-likeness (QED) is 0.706. The van der Waals surface area contributed by atoms with Crippen LogP contribution in [0, 0.1) is 6.92 Å². The largest absolute Gasteiger partial charge is 0.462 e. The minimum Gasteiger partial charge on any atom is -0.462 e. The normalized spacial score (nSPS) is 10.5. The molecule has 0 N–H and O–H groups in total. The summed E-state index contributed by atoms with van der Waals surface area (Å²) in [5, 5.41) is 0. The maximum Gasteiger partial charge on any atom is 0.338 e. The lowest BCUT2D eigenvalue weighted by atomic mass is 10.2. The van der Waals surface area contributed by atoms with Crippen molar-refractivity contribution in [2.24, 2.45) is 0 Å². The summed E-state index contributed by atoms with van der Waals surface area (Å²) in [7, 11) is 0. The summed E-state index contributed by atoms with van der Waals surface area (Å²) in [4.78, 5) is 15.6. The molecule has 15 heavy (non-hydrogen) atoms. The molecule has 0 bridgehead atoms. The molecular formula is C11H11NO3. The van der Waals surface area contributed by atoms with Gasteiger partial charge in [0.2, 0.25) is 0 Å². The summed E-state index contributed by atoms with van der Waals surface area (Å²) in [5.74, 6) is 0.250. The van der Waals surface area contributed by atoms with Gasteiger partial charge in [0.15, 0.2) is 11.5 Å².